The molecule has 1 aromatic rings. The van der Waals surface area contributed by atoms with E-state index in [1.807, 2.05) is 13.0 Å². The molecule has 5 nitrogen and oxygen atoms in total. The van der Waals surface area contributed by atoms with E-state index < -0.39 is 17.7 Å². The van der Waals surface area contributed by atoms with E-state index >= 15 is 0 Å². The molecule has 0 unspecified atom stereocenters. The third-order valence-electron chi connectivity index (χ3n) is 2.51. The molecule has 0 saturated carbocycles. The maximum absolute atomic E-state index is 12.0. The largest absolute Gasteiger partial charge is 0.444 e. The van der Waals surface area contributed by atoms with Gasteiger partial charge in [-0.05, 0) is 52.3 Å². The Bertz CT molecular complexity index is 538. The number of benzene rings is 1. The van der Waals surface area contributed by atoms with Crippen LogP contribution < -0.4 is 10.6 Å². The zero-order valence-electron chi connectivity index (χ0n) is 12.9. The molecule has 2 N–H and O–H groups in total. The fourth-order valence-electron chi connectivity index (χ4n) is 1.51. The minimum Gasteiger partial charge on any atom is -0.444 e. The van der Waals surface area contributed by atoms with Crippen LogP contribution in [0.5, 0.6) is 0 Å². The first kappa shape index (κ1) is 17.3. The number of hydrogen-bond acceptors (Lipinski definition) is 3. The highest BCUT2D eigenvalue weighted by Gasteiger charge is 2.21. The number of aryl methyl sites for hydroxylation is 1. The van der Waals surface area contributed by atoms with Gasteiger partial charge in [-0.2, -0.15) is 0 Å². The van der Waals surface area contributed by atoms with Crippen LogP contribution in [0.15, 0.2) is 18.2 Å². The van der Waals surface area contributed by atoms with Crippen molar-refractivity contribution < 1.29 is 14.3 Å². The van der Waals surface area contributed by atoms with E-state index in [4.69, 9.17) is 16.3 Å². The number of carbonyl (C=O) groups is 2. The van der Waals surface area contributed by atoms with Crippen LogP contribution in [0.25, 0.3) is 0 Å². The lowest BCUT2D eigenvalue weighted by atomic mass is 10.2. The molecule has 0 fully saturated rings. The Morgan fingerprint density at radius 1 is 1.29 bits per heavy atom. The molecule has 0 bridgehead atoms. The van der Waals surface area contributed by atoms with Crippen LogP contribution in [0, 0.1) is 6.92 Å². The molecule has 6 heteroatoms. The van der Waals surface area contributed by atoms with Crippen molar-refractivity contribution in [1.82, 2.24) is 5.32 Å². The first-order valence-electron chi connectivity index (χ1n) is 6.65. The van der Waals surface area contributed by atoms with Crippen LogP contribution in [-0.2, 0) is 9.53 Å². The second-order valence-corrected chi connectivity index (χ2v) is 6.25. The van der Waals surface area contributed by atoms with Crippen LogP contribution in [0.4, 0.5) is 10.5 Å². The standard InChI is InChI=1S/C15H21ClN2O3/c1-9-6-7-12(11(16)8-9)18-13(19)10(2)17-14(20)21-15(3,4)5/h6-8,10H,1-5H3,(H,17,20)(H,18,19)/t10-/m0/s1. The summed E-state index contributed by atoms with van der Waals surface area (Å²) in [7, 11) is 0. The second-order valence-electron chi connectivity index (χ2n) is 5.84. The third kappa shape index (κ3) is 6.04. The Labute approximate surface area is 130 Å². The smallest absolute Gasteiger partial charge is 0.408 e. The van der Waals surface area contributed by atoms with E-state index in [9.17, 15) is 9.59 Å². The molecule has 0 aliphatic rings. The first-order valence-corrected chi connectivity index (χ1v) is 7.03. The summed E-state index contributed by atoms with van der Waals surface area (Å²) in [5, 5.41) is 5.59. The summed E-state index contributed by atoms with van der Waals surface area (Å²) in [5.74, 6) is -0.369. The molecule has 0 saturated heterocycles. The van der Waals surface area contributed by atoms with Crippen LogP contribution in [0.3, 0.4) is 0 Å². The van der Waals surface area contributed by atoms with Gasteiger partial charge in [-0.1, -0.05) is 17.7 Å². The van der Waals surface area contributed by atoms with Crippen molar-refractivity contribution in [2.45, 2.75) is 46.3 Å². The maximum Gasteiger partial charge on any atom is 0.408 e. The van der Waals surface area contributed by atoms with Gasteiger partial charge in [0.2, 0.25) is 5.91 Å². The Hall–Kier alpha value is -1.75. The van der Waals surface area contributed by atoms with E-state index in [0.717, 1.165) is 5.56 Å². The highest BCUT2D eigenvalue weighted by atomic mass is 35.5. The molecular formula is C15H21ClN2O3. The van der Waals surface area contributed by atoms with Crippen molar-refractivity contribution in [2.75, 3.05) is 5.32 Å². The van der Waals surface area contributed by atoms with Crippen LogP contribution >= 0.6 is 11.6 Å². The molecule has 0 aliphatic heterocycles. The summed E-state index contributed by atoms with van der Waals surface area (Å²) in [6.07, 6.45) is -0.639. The summed E-state index contributed by atoms with van der Waals surface area (Å²) >= 11 is 6.04. The fraction of sp³-hybridized carbons (Fsp3) is 0.467. The molecule has 1 atom stereocenters. The van der Waals surface area contributed by atoms with Gasteiger partial charge in [0.15, 0.2) is 0 Å². The van der Waals surface area contributed by atoms with E-state index in [1.54, 1.807) is 39.8 Å². The molecule has 0 aliphatic carbocycles. The zero-order valence-corrected chi connectivity index (χ0v) is 13.7. The van der Waals surface area contributed by atoms with E-state index in [-0.39, 0.29) is 5.91 Å². The zero-order chi connectivity index (χ0) is 16.2. The molecule has 0 heterocycles. The number of nitrogens with one attached hydrogen (secondary N) is 2. The summed E-state index contributed by atoms with van der Waals surface area (Å²) in [4.78, 5) is 23.6. The van der Waals surface area contributed by atoms with Gasteiger partial charge < -0.3 is 15.4 Å². The van der Waals surface area contributed by atoms with Crippen molar-refractivity contribution in [3.05, 3.63) is 28.8 Å². The molecule has 2 amide bonds. The second kappa shape index (κ2) is 6.80. The van der Waals surface area contributed by atoms with Gasteiger partial charge in [-0.25, -0.2) is 4.79 Å². The predicted octanol–water partition coefficient (Wildman–Crippen LogP) is 3.50. The van der Waals surface area contributed by atoms with Gasteiger partial charge in [0.1, 0.15) is 11.6 Å². The van der Waals surface area contributed by atoms with E-state index in [1.165, 1.54) is 0 Å². The van der Waals surface area contributed by atoms with Gasteiger partial charge in [0, 0.05) is 0 Å². The van der Waals surface area contributed by atoms with Gasteiger partial charge in [0.05, 0.1) is 10.7 Å². The molecule has 1 aromatic carbocycles. The average molecular weight is 313 g/mol. The summed E-state index contributed by atoms with van der Waals surface area (Å²) in [6, 6.07) is 4.57. The lowest BCUT2D eigenvalue weighted by Gasteiger charge is -2.21. The van der Waals surface area contributed by atoms with E-state index in [0.29, 0.717) is 10.7 Å². The van der Waals surface area contributed by atoms with Crippen LogP contribution in [0.1, 0.15) is 33.3 Å². The number of anilines is 1. The molecule has 21 heavy (non-hydrogen) atoms. The monoisotopic (exact) mass is 312 g/mol. The molecule has 0 radical (unpaired) electrons. The van der Waals surface area contributed by atoms with Crippen molar-refractivity contribution in [2.24, 2.45) is 0 Å². The third-order valence-corrected chi connectivity index (χ3v) is 2.82. The topological polar surface area (TPSA) is 67.4 Å². The number of rotatable bonds is 3. The first-order chi connectivity index (χ1) is 9.58. The highest BCUT2D eigenvalue weighted by molar-refractivity contribution is 6.33. The van der Waals surface area contributed by atoms with Gasteiger partial charge in [-0.15, -0.1) is 0 Å². The summed E-state index contributed by atoms with van der Waals surface area (Å²) < 4.78 is 5.09. The predicted molar refractivity (Wildman–Crippen MR) is 83.7 cm³/mol. The lowest BCUT2D eigenvalue weighted by Crippen LogP contribution is -2.44. The van der Waals surface area contributed by atoms with Crippen molar-refractivity contribution in [3.63, 3.8) is 0 Å². The highest BCUT2D eigenvalue weighted by Crippen LogP contribution is 2.22. The van der Waals surface area contributed by atoms with Crippen molar-refractivity contribution in [3.8, 4) is 0 Å². The van der Waals surface area contributed by atoms with Crippen LogP contribution in [0.2, 0.25) is 5.02 Å². The number of carbonyl (C=O) groups excluding carboxylic acids is 2. The molecule has 1 rings (SSSR count). The quantitative estimate of drug-likeness (QED) is 0.897. The number of hydrogen-bond donors (Lipinski definition) is 2. The lowest BCUT2D eigenvalue weighted by molar-refractivity contribution is -0.117. The molecular weight excluding hydrogens is 292 g/mol. The molecule has 116 valence electrons. The number of ether oxygens (including phenoxy) is 1. The summed E-state index contributed by atoms with van der Waals surface area (Å²) in [5.41, 5.74) is 0.892. The number of halogens is 1. The number of amides is 2. The van der Waals surface area contributed by atoms with Gasteiger partial charge >= 0.3 is 6.09 Å². The van der Waals surface area contributed by atoms with Gasteiger partial charge in [0.25, 0.3) is 0 Å². The minimum absolute atomic E-state index is 0.369. The Morgan fingerprint density at radius 2 is 1.90 bits per heavy atom. The van der Waals surface area contributed by atoms with Gasteiger partial charge in [-0.3, -0.25) is 4.79 Å². The Morgan fingerprint density at radius 3 is 2.43 bits per heavy atom. The maximum atomic E-state index is 12.0. The molecule has 0 spiro atoms. The molecule has 0 aromatic heterocycles. The summed E-state index contributed by atoms with van der Waals surface area (Å²) in [6.45, 7) is 8.74. The Kier molecular flexibility index (Phi) is 5.61. The minimum atomic E-state index is -0.739. The Balaban J connectivity index is 2.61. The van der Waals surface area contributed by atoms with Crippen LogP contribution in [-0.4, -0.2) is 23.6 Å². The fourth-order valence-corrected chi connectivity index (χ4v) is 1.79. The number of alkyl carbamates (subject to hydrolysis) is 1. The normalized spacial score (nSPS) is 12.5. The SMILES string of the molecule is Cc1ccc(NC(=O)[C@H](C)NC(=O)OC(C)(C)C)c(Cl)c1. The average Bonchev–Trinajstić information content (AvgIpc) is 2.29. The van der Waals surface area contributed by atoms with Crippen molar-refractivity contribution >= 4 is 29.3 Å². The van der Waals surface area contributed by atoms with Crippen molar-refractivity contribution in [1.29, 1.82) is 0 Å². The van der Waals surface area contributed by atoms with E-state index in [2.05, 4.69) is 10.6 Å².